The highest BCUT2D eigenvalue weighted by Crippen LogP contribution is 2.49. The Kier molecular flexibility index (Phi) is 22.4. The Morgan fingerprint density at radius 3 is 1.11 bits per heavy atom. The second kappa shape index (κ2) is 32.5. The van der Waals surface area contributed by atoms with E-state index in [-0.39, 0.29) is 82.3 Å². The summed E-state index contributed by atoms with van der Waals surface area (Å²) in [5.41, 5.74) is 8.80. The second-order valence-electron chi connectivity index (χ2n) is 30.0. The lowest BCUT2D eigenvalue weighted by Gasteiger charge is -2.35. The zero-order valence-corrected chi connectivity index (χ0v) is 66.2. The summed E-state index contributed by atoms with van der Waals surface area (Å²) in [5.74, 6) is 1.52. The van der Waals surface area contributed by atoms with Crippen LogP contribution >= 0.6 is 46.9 Å². The van der Waals surface area contributed by atoms with Gasteiger partial charge in [-0.25, -0.2) is 31.9 Å². The average Bonchev–Trinajstić information content (AvgIpc) is 1.64. The predicted octanol–water partition coefficient (Wildman–Crippen LogP) is 12.8. The minimum atomic E-state index is -0.648. The first kappa shape index (κ1) is 77.6. The number of hydrogen-bond acceptors (Lipinski definition) is 18. The van der Waals surface area contributed by atoms with Crippen LogP contribution in [0.5, 0.6) is 0 Å². The van der Waals surface area contributed by atoms with E-state index in [1.54, 1.807) is 88.0 Å². The van der Waals surface area contributed by atoms with Crippen LogP contribution in [0.3, 0.4) is 0 Å². The van der Waals surface area contributed by atoms with E-state index in [1.807, 2.05) is 24.8 Å². The predicted molar refractivity (Wildman–Crippen MR) is 436 cm³/mol. The molecule has 588 valence electrons. The van der Waals surface area contributed by atoms with Gasteiger partial charge >= 0.3 is 17.1 Å². The smallest absolute Gasteiger partial charge is 0.350 e. The summed E-state index contributed by atoms with van der Waals surface area (Å²) in [6.45, 7) is 24.4. The van der Waals surface area contributed by atoms with Crippen molar-refractivity contribution in [2.24, 2.45) is 0 Å². The summed E-state index contributed by atoms with van der Waals surface area (Å²) in [7, 11) is 0. The summed E-state index contributed by atoms with van der Waals surface area (Å²) in [6.07, 6.45) is 10.6. The van der Waals surface area contributed by atoms with Gasteiger partial charge in [0, 0.05) is 155 Å². The number of aromatic nitrogens is 6. The Hall–Kier alpha value is -9.29. The Balaban J connectivity index is 0.000000128. The van der Waals surface area contributed by atoms with Crippen molar-refractivity contribution in [2.75, 3.05) is 110 Å². The van der Waals surface area contributed by atoms with Gasteiger partial charge < -0.3 is 43.6 Å². The number of amides is 3. The van der Waals surface area contributed by atoms with Gasteiger partial charge in [-0.1, -0.05) is 49.5 Å². The molecule has 113 heavy (non-hydrogen) atoms. The molecule has 6 aromatic carbocycles. The van der Waals surface area contributed by atoms with E-state index in [2.05, 4.69) is 63.5 Å². The maximum Gasteiger partial charge on any atom is 0.350 e. The highest BCUT2D eigenvalue weighted by atomic mass is 35.5. The van der Waals surface area contributed by atoms with E-state index >= 15 is 4.39 Å². The van der Waals surface area contributed by atoms with Gasteiger partial charge in [0.25, 0.3) is 0 Å². The molecule has 3 saturated carbocycles. The van der Waals surface area contributed by atoms with Gasteiger partial charge in [-0.15, -0.1) is 35.3 Å². The van der Waals surface area contributed by atoms with Crippen LogP contribution in [0.2, 0.25) is 5.02 Å². The number of piperazine rings is 3. The van der Waals surface area contributed by atoms with Crippen molar-refractivity contribution in [3.8, 4) is 33.4 Å². The molecule has 0 bridgehead atoms. The molecule has 21 nitrogen and oxygen atoms in total. The maximum absolute atomic E-state index is 15.1. The molecule has 3 saturated heterocycles. The van der Waals surface area contributed by atoms with Crippen LogP contribution in [-0.4, -0.2) is 193 Å². The normalized spacial score (nSPS) is 19.6. The minimum absolute atomic E-state index is 0.0579. The van der Waals surface area contributed by atoms with Crippen LogP contribution in [0.1, 0.15) is 55.2 Å². The van der Waals surface area contributed by atoms with Gasteiger partial charge in [0.05, 0.1) is 77.8 Å². The summed E-state index contributed by atoms with van der Waals surface area (Å²) >= 11 is 11.1. The Bertz CT molecular complexity index is 5540. The number of thioether (sulfide) groups is 3. The van der Waals surface area contributed by atoms with E-state index in [9.17, 15) is 41.9 Å². The van der Waals surface area contributed by atoms with Crippen molar-refractivity contribution in [3.05, 3.63) is 193 Å². The van der Waals surface area contributed by atoms with Crippen molar-refractivity contribution < 1.29 is 46.2 Å². The molecule has 3 amide bonds. The summed E-state index contributed by atoms with van der Waals surface area (Å²) in [6, 6.07) is 21.0. The number of halogens is 5. The third-order valence-electron chi connectivity index (χ3n) is 22.1. The number of anilines is 3. The zero-order valence-electron chi connectivity index (χ0n) is 62.9. The first-order valence-corrected chi connectivity index (χ1v) is 41.7. The lowest BCUT2D eigenvalue weighted by Crippen LogP contribution is -2.49. The van der Waals surface area contributed by atoms with E-state index in [0.29, 0.717) is 144 Å². The number of carbonyl (C=O) groups is 3. The SMILES string of the molecule is C=CC(=O)N1CCN(c2nc(=O)n3c4c(c(-c5ccc(F)c(Cl)c5)c(C)cc24)SCC(OC2CC2)C3)CC1.C=CC(=O)N1CCN(c2nc(=O)n3c4c(c(-c5ccc(F)cc5)c(C)cc24)SCC(OC2CC2)C3)CC1.C=CC(=O)N1CCN(c2nc(=O)n3c4c(c(-c5ccc(F)cc5F)c(C)cc24)SCC(OC2CC2)C3)CC1. The molecule has 29 heteroatoms. The largest absolute Gasteiger partial charge is 0.372 e. The van der Waals surface area contributed by atoms with Gasteiger partial charge in [0.2, 0.25) is 17.7 Å². The Labute approximate surface area is 667 Å². The number of nitrogens with zero attached hydrogens (tertiary/aromatic N) is 12. The molecule has 9 aromatic rings. The van der Waals surface area contributed by atoms with E-state index < -0.39 is 17.5 Å². The topological polar surface area (TPSA) is 203 Å². The van der Waals surface area contributed by atoms with Gasteiger partial charge in [-0.05, 0) is 160 Å². The first-order chi connectivity index (χ1) is 54.6. The first-order valence-electron chi connectivity index (χ1n) is 38.3. The van der Waals surface area contributed by atoms with Crippen molar-refractivity contribution in [1.82, 2.24) is 43.4 Å². The van der Waals surface area contributed by atoms with Crippen molar-refractivity contribution in [2.45, 2.75) is 130 Å². The van der Waals surface area contributed by atoms with Crippen molar-refractivity contribution in [3.63, 3.8) is 0 Å². The molecule has 3 unspecified atom stereocenters. The Morgan fingerprint density at radius 2 is 0.761 bits per heavy atom. The van der Waals surface area contributed by atoms with Crippen LogP contribution in [0.4, 0.5) is 35.0 Å². The molecule has 9 aliphatic rings. The monoisotopic (exact) mass is 1610 g/mol. The molecule has 3 aliphatic carbocycles. The Morgan fingerprint density at radius 1 is 0.425 bits per heavy atom. The van der Waals surface area contributed by atoms with Gasteiger partial charge in [-0.2, -0.15) is 15.0 Å². The van der Waals surface area contributed by atoms with Crippen LogP contribution in [0, 0.1) is 44.0 Å². The molecule has 6 fully saturated rings. The fourth-order valence-corrected chi connectivity index (χ4v) is 20.1. The lowest BCUT2D eigenvalue weighted by atomic mass is 9.97. The lowest BCUT2D eigenvalue weighted by molar-refractivity contribution is -0.127. The van der Waals surface area contributed by atoms with E-state index in [0.717, 1.165) is 131 Å². The van der Waals surface area contributed by atoms with Crippen LogP contribution < -0.4 is 31.8 Å². The molecule has 0 radical (unpaired) electrons. The third-order valence-corrected chi connectivity index (χ3v) is 26.0. The molecular formula is C84H85ClF4N12O9S3. The summed E-state index contributed by atoms with van der Waals surface area (Å²) in [5, 5.41) is 2.66. The number of benzene rings is 6. The van der Waals surface area contributed by atoms with Crippen LogP contribution in [0.15, 0.2) is 146 Å². The van der Waals surface area contributed by atoms with Gasteiger partial charge in [0.15, 0.2) is 0 Å². The zero-order chi connectivity index (χ0) is 78.8. The van der Waals surface area contributed by atoms with E-state index in [1.165, 1.54) is 48.6 Å². The summed E-state index contributed by atoms with van der Waals surface area (Å²) < 4.78 is 80.6. The fourth-order valence-electron chi connectivity index (χ4n) is 16.0. The number of ether oxygens (including phenoxy) is 3. The number of rotatable bonds is 15. The highest BCUT2D eigenvalue weighted by Gasteiger charge is 2.38. The number of hydrogen-bond donors (Lipinski definition) is 0. The molecular weight excluding hydrogens is 1530 g/mol. The van der Waals surface area contributed by atoms with E-state index in [4.69, 9.17) is 25.8 Å². The fraction of sp³-hybridized carbons (Fsp3) is 0.393. The minimum Gasteiger partial charge on any atom is -0.372 e. The van der Waals surface area contributed by atoms with Crippen LogP contribution in [0.25, 0.3) is 66.1 Å². The van der Waals surface area contributed by atoms with Crippen LogP contribution in [-0.2, 0) is 48.2 Å². The standard InChI is InChI=1S/C28H28ClFN4O3S.C28H28F2N4O3S.C28H29FN4O3S/c1-3-23(35)32-8-10-33(11-9-32)27-20-12-16(2)24(17-4-7-22(30)21(29)13-17)26-25(20)34(28(36)31-27)14-19(15-38-26)37-18-5-6-18;1-3-23(35)32-8-10-33(11-9-32)27-21-12-16(2)24(20-7-4-17(29)13-22(20)30)26-25(21)34(28(36)31-27)14-19(15-38-26)37-18-5-6-18;1-3-23(34)31-10-12-32(13-11-31)27-22-14-17(2)24(18-4-6-19(29)7-5-18)26-25(22)33(28(35)30-27)15-21(16-37-26)36-20-8-9-20/h2*3-4,7,12-13,18-19H,1,5-6,8-11,14-15H2,2H3;3-7,14,20-21H,1,8-13,15-16H2,2H3. The molecule has 6 aliphatic heterocycles. The van der Waals surface area contributed by atoms with Crippen molar-refractivity contribution >= 4 is 115 Å². The molecule has 18 rings (SSSR count). The average molecular weight is 1610 g/mol. The summed E-state index contributed by atoms with van der Waals surface area (Å²) in [4.78, 5) is 105. The number of aryl methyl sites for hydroxylation is 3. The molecule has 3 aromatic heterocycles. The quantitative estimate of drug-likeness (QED) is 0.0691. The third kappa shape index (κ3) is 16.1. The highest BCUT2D eigenvalue weighted by molar-refractivity contribution is 8.00. The maximum atomic E-state index is 15.1. The van der Waals surface area contributed by atoms with Gasteiger partial charge in [0.1, 0.15) is 40.7 Å². The molecule has 0 spiro atoms. The molecule has 9 heterocycles. The van der Waals surface area contributed by atoms with Gasteiger partial charge in [-0.3, -0.25) is 28.1 Å². The molecule has 0 N–H and O–H groups in total. The number of carbonyl (C=O) groups excluding carboxylic acids is 3. The second-order valence-corrected chi connectivity index (χ2v) is 33.5. The van der Waals surface area contributed by atoms with Crippen molar-refractivity contribution in [1.29, 1.82) is 0 Å². The molecule has 3 atom stereocenters.